The van der Waals surface area contributed by atoms with Gasteiger partial charge in [0.1, 0.15) is 11.2 Å². The fourth-order valence-corrected chi connectivity index (χ4v) is 3.63. The van der Waals surface area contributed by atoms with E-state index < -0.39 is 0 Å². The van der Waals surface area contributed by atoms with Crippen LogP contribution in [-0.2, 0) is 4.79 Å². The highest BCUT2D eigenvalue weighted by Crippen LogP contribution is 2.37. The highest BCUT2D eigenvalue weighted by Gasteiger charge is 2.23. The lowest BCUT2D eigenvalue weighted by Crippen LogP contribution is -2.00. The van der Waals surface area contributed by atoms with E-state index in [9.17, 15) is 4.79 Å². The number of hydrogen-bond donors (Lipinski definition) is 1. The third-order valence-corrected chi connectivity index (χ3v) is 4.90. The van der Waals surface area contributed by atoms with Crippen molar-refractivity contribution in [2.75, 3.05) is 7.11 Å². The number of carbonyl (C=O) groups excluding carboxylic acids is 1. The highest BCUT2D eigenvalue weighted by atomic mass is 16.3. The number of rotatable bonds is 0. The first-order valence-corrected chi connectivity index (χ1v) is 9.36. The second-order valence-electron chi connectivity index (χ2n) is 6.54. The maximum atomic E-state index is 11.5. The smallest absolute Gasteiger partial charge is 0.186 e. The standard InChI is InChI=1S/C13H8O.C12H8O.CH4O/c14-13-7-3-6-11-10-5-2-1-4-9(10)8-12(11)13;1-3-7-11-9(5-1)10-6-2-4-8-12(10)13-11;1-2/h1-8H;1-8H;2H,1H3. The Kier molecular flexibility index (Phi) is 5.23. The number of para-hydroxylation sites is 2. The molecular weight excluding hydrogens is 360 g/mol. The molecule has 0 saturated carbocycles. The predicted molar refractivity (Wildman–Crippen MR) is 118 cm³/mol. The molecule has 4 aromatic rings. The van der Waals surface area contributed by atoms with Crippen molar-refractivity contribution in [2.45, 2.75) is 0 Å². The SMILES string of the molecule is CO.O=C1C=CC=C2C1=Cc1ccccc12.c1ccc2c(c1)oc1ccccc12. The van der Waals surface area contributed by atoms with Crippen molar-refractivity contribution in [3.63, 3.8) is 0 Å². The van der Waals surface area contributed by atoms with E-state index in [-0.39, 0.29) is 5.78 Å². The molecule has 1 aromatic heterocycles. The fourth-order valence-electron chi connectivity index (χ4n) is 3.63. The minimum absolute atomic E-state index is 0.110. The van der Waals surface area contributed by atoms with E-state index in [0.717, 1.165) is 35.0 Å². The van der Waals surface area contributed by atoms with Crippen LogP contribution in [0, 0.1) is 0 Å². The maximum Gasteiger partial charge on any atom is 0.186 e. The van der Waals surface area contributed by atoms with Gasteiger partial charge in [-0.1, -0.05) is 72.8 Å². The van der Waals surface area contributed by atoms with Crippen LogP contribution in [0.1, 0.15) is 11.1 Å². The van der Waals surface area contributed by atoms with Gasteiger partial charge in [-0.15, -0.1) is 0 Å². The van der Waals surface area contributed by atoms with Crippen LogP contribution in [0.2, 0.25) is 0 Å². The number of furan rings is 1. The Morgan fingerprint density at radius 3 is 2.00 bits per heavy atom. The molecule has 0 spiro atoms. The third kappa shape index (κ3) is 3.44. The summed E-state index contributed by atoms with van der Waals surface area (Å²) in [6, 6.07) is 24.3. The van der Waals surface area contributed by atoms with Crippen molar-refractivity contribution >= 4 is 39.4 Å². The predicted octanol–water partition coefficient (Wildman–Crippen LogP) is 5.80. The van der Waals surface area contributed by atoms with Gasteiger partial charge in [0.05, 0.1) is 0 Å². The molecule has 0 radical (unpaired) electrons. The van der Waals surface area contributed by atoms with Crippen molar-refractivity contribution in [3.05, 3.63) is 108 Å². The molecule has 0 bridgehead atoms. The zero-order valence-corrected chi connectivity index (χ0v) is 16.0. The number of carbonyl (C=O) groups is 1. The summed E-state index contributed by atoms with van der Waals surface area (Å²) in [5.41, 5.74) is 6.13. The molecule has 1 heterocycles. The van der Waals surface area contributed by atoms with Crippen molar-refractivity contribution in [1.29, 1.82) is 0 Å². The molecule has 142 valence electrons. The summed E-state index contributed by atoms with van der Waals surface area (Å²) in [6.07, 6.45) is 7.39. The lowest BCUT2D eigenvalue weighted by molar-refractivity contribution is -0.110. The van der Waals surface area contributed by atoms with Gasteiger partial charge < -0.3 is 9.52 Å². The molecule has 2 aliphatic rings. The topological polar surface area (TPSA) is 50.4 Å². The normalized spacial score (nSPS) is 13.5. The molecule has 2 aliphatic carbocycles. The number of fused-ring (bicyclic) bond motifs is 6. The Balaban J connectivity index is 0.000000131. The lowest BCUT2D eigenvalue weighted by Gasteiger charge is -2.06. The van der Waals surface area contributed by atoms with E-state index in [1.54, 1.807) is 6.08 Å². The Hall–Kier alpha value is -3.69. The van der Waals surface area contributed by atoms with Crippen molar-refractivity contribution in [3.8, 4) is 0 Å². The number of benzene rings is 3. The lowest BCUT2D eigenvalue weighted by atomic mass is 9.96. The van der Waals surface area contributed by atoms with Gasteiger partial charge in [0.15, 0.2) is 5.78 Å². The Bertz CT molecular complexity index is 1240. The highest BCUT2D eigenvalue weighted by molar-refractivity contribution is 6.23. The van der Waals surface area contributed by atoms with Gasteiger partial charge in [0.25, 0.3) is 0 Å². The minimum Gasteiger partial charge on any atom is -0.456 e. The van der Waals surface area contributed by atoms with Gasteiger partial charge in [-0.25, -0.2) is 0 Å². The first kappa shape index (κ1) is 18.7. The molecule has 3 aromatic carbocycles. The summed E-state index contributed by atoms with van der Waals surface area (Å²) in [4.78, 5) is 11.5. The molecular formula is C26H20O3. The van der Waals surface area contributed by atoms with E-state index in [2.05, 4.69) is 18.2 Å². The molecule has 1 N–H and O–H groups in total. The molecule has 0 atom stereocenters. The second kappa shape index (κ2) is 8.13. The van der Waals surface area contributed by atoms with Gasteiger partial charge in [-0.05, 0) is 41.0 Å². The van der Waals surface area contributed by atoms with E-state index >= 15 is 0 Å². The summed E-state index contributed by atoms with van der Waals surface area (Å²) < 4.78 is 5.65. The summed E-state index contributed by atoms with van der Waals surface area (Å²) in [5.74, 6) is 0.110. The molecule has 0 saturated heterocycles. The molecule has 0 amide bonds. The molecule has 6 rings (SSSR count). The van der Waals surface area contributed by atoms with Gasteiger partial charge in [0, 0.05) is 23.5 Å². The molecule has 0 fully saturated rings. The first-order valence-electron chi connectivity index (χ1n) is 9.36. The average Bonchev–Trinajstić information content (AvgIpc) is 3.35. The second-order valence-corrected chi connectivity index (χ2v) is 6.54. The summed E-state index contributed by atoms with van der Waals surface area (Å²) >= 11 is 0. The van der Waals surface area contributed by atoms with E-state index in [1.807, 2.05) is 72.8 Å². The van der Waals surface area contributed by atoms with Gasteiger partial charge in [0.2, 0.25) is 0 Å². The quantitative estimate of drug-likeness (QED) is 0.419. The number of aliphatic hydroxyl groups is 1. The largest absolute Gasteiger partial charge is 0.456 e. The first-order chi connectivity index (χ1) is 14.3. The Morgan fingerprint density at radius 1 is 0.724 bits per heavy atom. The maximum absolute atomic E-state index is 11.5. The fraction of sp³-hybridized carbons (Fsp3) is 0.0385. The van der Waals surface area contributed by atoms with Crippen LogP contribution in [-0.4, -0.2) is 18.0 Å². The average molecular weight is 380 g/mol. The zero-order chi connectivity index (χ0) is 20.2. The van der Waals surface area contributed by atoms with Gasteiger partial charge in [-0.3, -0.25) is 4.79 Å². The number of aliphatic hydroxyl groups excluding tert-OH is 1. The van der Waals surface area contributed by atoms with Gasteiger partial charge >= 0.3 is 0 Å². The number of allylic oxidation sites excluding steroid dienone is 5. The van der Waals surface area contributed by atoms with Crippen LogP contribution < -0.4 is 0 Å². The number of hydrogen-bond acceptors (Lipinski definition) is 3. The van der Waals surface area contributed by atoms with E-state index in [4.69, 9.17) is 9.52 Å². The van der Waals surface area contributed by atoms with Crippen molar-refractivity contribution < 1.29 is 14.3 Å². The van der Waals surface area contributed by atoms with Crippen LogP contribution >= 0.6 is 0 Å². The van der Waals surface area contributed by atoms with Crippen molar-refractivity contribution in [1.82, 2.24) is 0 Å². The number of ketones is 1. The Morgan fingerprint density at radius 2 is 1.31 bits per heavy atom. The summed E-state index contributed by atoms with van der Waals surface area (Å²) in [5, 5.41) is 9.39. The zero-order valence-electron chi connectivity index (χ0n) is 16.0. The summed E-state index contributed by atoms with van der Waals surface area (Å²) in [7, 11) is 1.00. The van der Waals surface area contributed by atoms with Crippen LogP contribution in [0.5, 0.6) is 0 Å². The van der Waals surface area contributed by atoms with Crippen LogP contribution in [0.4, 0.5) is 0 Å². The van der Waals surface area contributed by atoms with Crippen LogP contribution in [0.3, 0.4) is 0 Å². The molecule has 3 nitrogen and oxygen atoms in total. The molecule has 29 heavy (non-hydrogen) atoms. The van der Waals surface area contributed by atoms with Gasteiger partial charge in [-0.2, -0.15) is 0 Å². The molecule has 0 aliphatic heterocycles. The van der Waals surface area contributed by atoms with Crippen molar-refractivity contribution in [2.24, 2.45) is 0 Å². The monoisotopic (exact) mass is 380 g/mol. The minimum atomic E-state index is 0.110. The third-order valence-electron chi connectivity index (χ3n) is 4.90. The van der Waals surface area contributed by atoms with Crippen LogP contribution in [0.15, 0.2) is 101 Å². The van der Waals surface area contributed by atoms with Crippen LogP contribution in [0.25, 0.3) is 33.6 Å². The Labute approximate surface area is 168 Å². The molecule has 0 unspecified atom stereocenters. The van der Waals surface area contributed by atoms with E-state index in [1.165, 1.54) is 16.3 Å². The van der Waals surface area contributed by atoms with E-state index in [0.29, 0.717) is 0 Å². The summed E-state index contributed by atoms with van der Waals surface area (Å²) in [6.45, 7) is 0. The molecule has 3 heteroatoms.